The molecule has 5 nitrogen and oxygen atoms in total. The Morgan fingerprint density at radius 2 is 1.63 bits per heavy atom. The minimum absolute atomic E-state index is 0. The number of carbonyl (C=O) groups excluding carboxylic acids is 1. The first-order chi connectivity index (χ1) is 12.6. The summed E-state index contributed by atoms with van der Waals surface area (Å²) in [5.74, 6) is 0.280. The zero-order valence-electron chi connectivity index (χ0n) is 15.6. The van der Waals surface area contributed by atoms with Crippen molar-refractivity contribution in [3.63, 3.8) is 0 Å². The highest BCUT2D eigenvalue weighted by molar-refractivity contribution is 14.0. The minimum atomic E-state index is -0.259. The predicted octanol–water partition coefficient (Wildman–Crippen LogP) is 3.45. The van der Waals surface area contributed by atoms with Crippen LogP contribution in [0.15, 0.2) is 53.5 Å². The van der Waals surface area contributed by atoms with Crippen LogP contribution in [0.3, 0.4) is 0 Å². The molecule has 0 spiro atoms. The van der Waals surface area contributed by atoms with E-state index in [1.165, 1.54) is 12.1 Å². The van der Waals surface area contributed by atoms with Gasteiger partial charge >= 0.3 is 0 Å². The second-order valence-electron chi connectivity index (χ2n) is 5.87. The van der Waals surface area contributed by atoms with Crippen molar-refractivity contribution >= 4 is 35.8 Å². The summed E-state index contributed by atoms with van der Waals surface area (Å²) in [7, 11) is 1.68. The van der Waals surface area contributed by atoms with E-state index >= 15 is 0 Å². The molecule has 0 aromatic heterocycles. The molecule has 0 aliphatic carbocycles. The van der Waals surface area contributed by atoms with Gasteiger partial charge in [-0.15, -0.1) is 24.0 Å². The van der Waals surface area contributed by atoms with Gasteiger partial charge in [-0.25, -0.2) is 4.39 Å². The van der Waals surface area contributed by atoms with Crippen LogP contribution in [0.5, 0.6) is 0 Å². The standard InChI is InChI=1S/C20H25FN4O.HI/c1-3-10-23-19(26)17-8-4-6-15(11-17)13-24-20(22-2)25-14-16-7-5-9-18(21)12-16;/h4-9,11-12H,3,10,13-14H2,1-2H3,(H,23,26)(H2,22,24,25);1H. The van der Waals surface area contributed by atoms with Crippen molar-refractivity contribution in [2.45, 2.75) is 26.4 Å². The quantitative estimate of drug-likeness (QED) is 0.321. The highest BCUT2D eigenvalue weighted by atomic mass is 127. The SMILES string of the molecule is CCCNC(=O)c1cccc(CNC(=NC)NCc2cccc(F)c2)c1.I. The first-order valence-electron chi connectivity index (χ1n) is 8.68. The molecule has 2 aromatic rings. The Balaban J connectivity index is 0.00000364. The number of halogens is 2. The van der Waals surface area contributed by atoms with Gasteiger partial charge in [-0.2, -0.15) is 0 Å². The van der Waals surface area contributed by atoms with Gasteiger partial charge in [0.15, 0.2) is 5.96 Å². The maximum absolute atomic E-state index is 13.2. The number of carbonyl (C=O) groups is 1. The van der Waals surface area contributed by atoms with Gasteiger partial charge in [0, 0.05) is 32.2 Å². The normalized spacial score (nSPS) is 10.7. The van der Waals surface area contributed by atoms with E-state index in [4.69, 9.17) is 0 Å². The number of guanidine groups is 1. The van der Waals surface area contributed by atoms with Gasteiger partial charge in [0.1, 0.15) is 5.82 Å². The van der Waals surface area contributed by atoms with Crippen molar-refractivity contribution in [3.05, 3.63) is 71.0 Å². The highest BCUT2D eigenvalue weighted by Crippen LogP contribution is 2.06. The molecule has 0 unspecified atom stereocenters. The average molecular weight is 484 g/mol. The van der Waals surface area contributed by atoms with Gasteiger partial charge in [0.2, 0.25) is 0 Å². The second-order valence-corrected chi connectivity index (χ2v) is 5.87. The monoisotopic (exact) mass is 484 g/mol. The molecule has 0 heterocycles. The molecule has 1 amide bonds. The number of hydrogen-bond acceptors (Lipinski definition) is 2. The van der Waals surface area contributed by atoms with Crippen LogP contribution in [-0.2, 0) is 13.1 Å². The third kappa shape index (κ3) is 7.94. The number of aliphatic imine (C=N–C) groups is 1. The molecular weight excluding hydrogens is 458 g/mol. The summed E-state index contributed by atoms with van der Waals surface area (Å²) in [5.41, 5.74) is 2.45. The first-order valence-corrected chi connectivity index (χ1v) is 8.68. The van der Waals surface area contributed by atoms with E-state index < -0.39 is 0 Å². The van der Waals surface area contributed by atoms with Crippen molar-refractivity contribution < 1.29 is 9.18 Å². The van der Waals surface area contributed by atoms with Crippen molar-refractivity contribution in [3.8, 4) is 0 Å². The summed E-state index contributed by atoms with van der Waals surface area (Å²) in [6.45, 7) is 3.68. The fraction of sp³-hybridized carbons (Fsp3) is 0.300. The van der Waals surface area contributed by atoms with Gasteiger partial charge < -0.3 is 16.0 Å². The zero-order valence-corrected chi connectivity index (χ0v) is 17.9. The van der Waals surface area contributed by atoms with Gasteiger partial charge in [0.05, 0.1) is 0 Å². The van der Waals surface area contributed by atoms with Crippen LogP contribution in [0, 0.1) is 5.82 Å². The number of nitrogens with zero attached hydrogens (tertiary/aromatic N) is 1. The van der Waals surface area contributed by atoms with Gasteiger partial charge in [-0.3, -0.25) is 9.79 Å². The molecule has 0 bridgehead atoms. The number of hydrogen-bond donors (Lipinski definition) is 3. The second kappa shape index (κ2) is 12.3. The van der Waals surface area contributed by atoms with Gasteiger partial charge in [0.25, 0.3) is 5.91 Å². The van der Waals surface area contributed by atoms with E-state index in [9.17, 15) is 9.18 Å². The first kappa shape index (κ1) is 22.9. The van der Waals surface area contributed by atoms with Crippen molar-refractivity contribution in [1.29, 1.82) is 0 Å². The number of rotatable bonds is 7. The van der Waals surface area contributed by atoms with E-state index in [2.05, 4.69) is 20.9 Å². The third-order valence-electron chi connectivity index (χ3n) is 3.76. The molecule has 0 saturated heterocycles. The molecular formula is C20H26FIN4O. The summed E-state index contributed by atoms with van der Waals surface area (Å²) in [6, 6.07) is 13.9. The largest absolute Gasteiger partial charge is 0.352 e. The molecule has 27 heavy (non-hydrogen) atoms. The third-order valence-corrected chi connectivity index (χ3v) is 3.76. The lowest BCUT2D eigenvalue weighted by Gasteiger charge is -2.13. The lowest BCUT2D eigenvalue weighted by molar-refractivity contribution is 0.0953. The Morgan fingerprint density at radius 3 is 2.22 bits per heavy atom. The number of benzene rings is 2. The molecule has 0 aliphatic heterocycles. The van der Waals surface area contributed by atoms with Crippen molar-refractivity contribution in [2.75, 3.05) is 13.6 Å². The van der Waals surface area contributed by atoms with E-state index in [1.807, 2.05) is 31.2 Å². The zero-order chi connectivity index (χ0) is 18.8. The van der Waals surface area contributed by atoms with Crippen LogP contribution in [0.1, 0.15) is 34.8 Å². The van der Waals surface area contributed by atoms with E-state index in [-0.39, 0.29) is 35.7 Å². The van der Waals surface area contributed by atoms with Crippen molar-refractivity contribution in [1.82, 2.24) is 16.0 Å². The average Bonchev–Trinajstić information content (AvgIpc) is 2.66. The lowest BCUT2D eigenvalue weighted by atomic mass is 10.1. The Kier molecular flexibility index (Phi) is 10.4. The van der Waals surface area contributed by atoms with Crippen LogP contribution < -0.4 is 16.0 Å². The Bertz CT molecular complexity index is 767. The van der Waals surface area contributed by atoms with E-state index in [0.717, 1.165) is 17.5 Å². The maximum atomic E-state index is 13.2. The Hall–Kier alpha value is -2.16. The van der Waals surface area contributed by atoms with E-state index in [1.54, 1.807) is 19.2 Å². The summed E-state index contributed by atoms with van der Waals surface area (Å²) < 4.78 is 13.2. The van der Waals surface area contributed by atoms with Crippen LogP contribution >= 0.6 is 24.0 Å². The van der Waals surface area contributed by atoms with Gasteiger partial charge in [-0.1, -0.05) is 31.2 Å². The predicted molar refractivity (Wildman–Crippen MR) is 118 cm³/mol. The topological polar surface area (TPSA) is 65.5 Å². The summed E-state index contributed by atoms with van der Waals surface area (Å²) in [4.78, 5) is 16.2. The molecule has 2 aromatic carbocycles. The van der Waals surface area contributed by atoms with Crippen LogP contribution in [0.4, 0.5) is 4.39 Å². The molecule has 7 heteroatoms. The molecule has 146 valence electrons. The van der Waals surface area contributed by atoms with Crippen LogP contribution in [0.25, 0.3) is 0 Å². The Morgan fingerprint density at radius 1 is 1.00 bits per heavy atom. The lowest BCUT2D eigenvalue weighted by Crippen LogP contribution is -2.36. The highest BCUT2D eigenvalue weighted by Gasteiger charge is 2.06. The molecule has 2 rings (SSSR count). The molecule has 0 aliphatic rings. The molecule has 0 atom stereocenters. The Labute approximate surface area is 176 Å². The van der Waals surface area contributed by atoms with Crippen LogP contribution in [0.2, 0.25) is 0 Å². The molecule has 0 fully saturated rings. The summed E-state index contributed by atoms with van der Waals surface area (Å²) in [5, 5.41) is 9.20. The van der Waals surface area contributed by atoms with E-state index in [0.29, 0.717) is 31.2 Å². The summed E-state index contributed by atoms with van der Waals surface area (Å²) >= 11 is 0. The maximum Gasteiger partial charge on any atom is 0.251 e. The summed E-state index contributed by atoms with van der Waals surface area (Å²) in [6.07, 6.45) is 0.903. The van der Waals surface area contributed by atoms with Gasteiger partial charge in [-0.05, 0) is 41.8 Å². The van der Waals surface area contributed by atoms with Crippen LogP contribution in [-0.4, -0.2) is 25.5 Å². The van der Waals surface area contributed by atoms with Crippen molar-refractivity contribution in [2.24, 2.45) is 4.99 Å². The molecule has 0 radical (unpaired) electrons. The number of nitrogens with one attached hydrogen (secondary N) is 3. The fourth-order valence-corrected chi connectivity index (χ4v) is 2.40. The smallest absolute Gasteiger partial charge is 0.251 e. The minimum Gasteiger partial charge on any atom is -0.352 e. The molecule has 0 saturated carbocycles. The molecule has 3 N–H and O–H groups in total. The number of amides is 1. The fourth-order valence-electron chi connectivity index (χ4n) is 2.40.